The Bertz CT molecular complexity index is 312. The topological polar surface area (TPSA) is 9.23 Å². The van der Waals surface area contributed by atoms with Gasteiger partial charge in [-0.3, -0.25) is 0 Å². The molecular weight excluding hydrogens is 172 g/mol. The maximum absolute atomic E-state index is 5.76. The summed E-state index contributed by atoms with van der Waals surface area (Å²) in [6.07, 6.45) is 5.26. The molecule has 0 radical (unpaired) electrons. The summed E-state index contributed by atoms with van der Waals surface area (Å²) in [5.74, 6) is 3.20. The zero-order chi connectivity index (χ0) is 8.97. The third-order valence-corrected chi connectivity index (χ3v) is 1.63. The van der Waals surface area contributed by atoms with Crippen molar-refractivity contribution in [3.63, 3.8) is 0 Å². The lowest BCUT2D eigenvalue weighted by Gasteiger charge is -2.05. The second-order valence-electron chi connectivity index (χ2n) is 2.22. The molecule has 1 rings (SSSR count). The zero-order valence-corrected chi connectivity index (χ0v) is 7.56. The molecule has 0 fully saturated rings. The number of benzene rings is 1. The Morgan fingerprint density at radius 1 is 1.58 bits per heavy atom. The van der Waals surface area contributed by atoms with Crippen LogP contribution in [0.1, 0.15) is 12.5 Å². The Hall–Kier alpha value is -1.13. The number of hydrogen-bond acceptors (Lipinski definition) is 1. The van der Waals surface area contributed by atoms with Gasteiger partial charge in [0.25, 0.3) is 0 Å². The molecule has 0 heterocycles. The molecule has 0 bridgehead atoms. The van der Waals surface area contributed by atoms with Crippen molar-refractivity contribution < 1.29 is 4.74 Å². The summed E-state index contributed by atoms with van der Waals surface area (Å²) in [7, 11) is 0. The predicted molar refractivity (Wildman–Crippen MR) is 50.6 cm³/mol. The maximum atomic E-state index is 5.76. The second-order valence-corrected chi connectivity index (χ2v) is 2.65. The number of rotatable bonds is 2. The van der Waals surface area contributed by atoms with Crippen LogP contribution in [0.2, 0.25) is 5.02 Å². The fraction of sp³-hybridized carbons (Fsp3) is 0.200. The van der Waals surface area contributed by atoms with E-state index in [0.29, 0.717) is 17.4 Å². The number of ether oxygens (including phenoxy) is 1. The molecule has 0 atom stereocenters. The van der Waals surface area contributed by atoms with Gasteiger partial charge in [0.1, 0.15) is 5.75 Å². The highest BCUT2D eigenvalue weighted by molar-refractivity contribution is 6.30. The first kappa shape index (κ1) is 8.96. The first-order valence-electron chi connectivity index (χ1n) is 3.67. The third-order valence-electron chi connectivity index (χ3n) is 1.40. The van der Waals surface area contributed by atoms with Crippen molar-refractivity contribution in [2.45, 2.75) is 6.92 Å². The lowest BCUT2D eigenvalue weighted by atomic mass is 10.2. The van der Waals surface area contributed by atoms with Gasteiger partial charge in [0.05, 0.1) is 12.2 Å². The van der Waals surface area contributed by atoms with E-state index in [0.717, 1.165) is 5.56 Å². The molecule has 1 aromatic carbocycles. The Morgan fingerprint density at radius 3 is 2.92 bits per heavy atom. The Kier molecular flexibility index (Phi) is 3.01. The zero-order valence-electron chi connectivity index (χ0n) is 6.80. The molecule has 62 valence electrons. The highest BCUT2D eigenvalue weighted by atomic mass is 35.5. The monoisotopic (exact) mass is 180 g/mol. The standard InChI is InChI=1S/C10H9ClO/c1-3-8-5-6-9(11)7-10(8)12-4-2/h1,5-7H,4H2,2H3. The van der Waals surface area contributed by atoms with Gasteiger partial charge in [0.2, 0.25) is 0 Å². The van der Waals surface area contributed by atoms with Gasteiger partial charge < -0.3 is 4.74 Å². The highest BCUT2D eigenvalue weighted by Gasteiger charge is 2.00. The maximum Gasteiger partial charge on any atom is 0.136 e. The van der Waals surface area contributed by atoms with Crippen LogP contribution >= 0.6 is 11.6 Å². The molecule has 0 aliphatic rings. The molecule has 0 saturated carbocycles. The van der Waals surface area contributed by atoms with Gasteiger partial charge in [-0.2, -0.15) is 0 Å². The molecule has 1 nitrogen and oxygen atoms in total. The first-order valence-corrected chi connectivity index (χ1v) is 4.04. The van der Waals surface area contributed by atoms with Crippen molar-refractivity contribution in [1.82, 2.24) is 0 Å². The second kappa shape index (κ2) is 4.04. The molecule has 0 aliphatic heterocycles. The summed E-state index contributed by atoms with van der Waals surface area (Å²) in [6.45, 7) is 2.50. The van der Waals surface area contributed by atoms with Crippen LogP contribution in [0.3, 0.4) is 0 Å². The largest absolute Gasteiger partial charge is 0.493 e. The van der Waals surface area contributed by atoms with Crippen LogP contribution in [-0.4, -0.2) is 6.61 Å². The van der Waals surface area contributed by atoms with Crippen LogP contribution in [0.25, 0.3) is 0 Å². The highest BCUT2D eigenvalue weighted by Crippen LogP contribution is 2.22. The molecule has 12 heavy (non-hydrogen) atoms. The molecule has 0 spiro atoms. The van der Waals surface area contributed by atoms with Crippen LogP contribution in [0, 0.1) is 12.3 Å². The van der Waals surface area contributed by atoms with Crippen molar-refractivity contribution in [2.75, 3.05) is 6.61 Å². The van der Waals surface area contributed by atoms with Crippen molar-refractivity contribution >= 4 is 11.6 Å². The quantitative estimate of drug-likeness (QED) is 0.636. The molecule has 0 aromatic heterocycles. The fourth-order valence-electron chi connectivity index (χ4n) is 0.890. The average Bonchev–Trinajstić information content (AvgIpc) is 2.05. The number of halogens is 1. The lowest BCUT2D eigenvalue weighted by Crippen LogP contribution is -1.93. The van der Waals surface area contributed by atoms with Gasteiger partial charge in [-0.1, -0.05) is 17.5 Å². The van der Waals surface area contributed by atoms with Gasteiger partial charge in [-0.25, -0.2) is 0 Å². The van der Waals surface area contributed by atoms with Crippen molar-refractivity contribution in [3.8, 4) is 18.1 Å². The number of hydrogen-bond donors (Lipinski definition) is 0. The number of terminal acetylenes is 1. The molecule has 0 amide bonds. The van der Waals surface area contributed by atoms with E-state index in [1.165, 1.54) is 0 Å². The minimum atomic E-state index is 0.592. The van der Waals surface area contributed by atoms with E-state index in [1.807, 2.05) is 6.92 Å². The summed E-state index contributed by atoms with van der Waals surface area (Å²) in [6, 6.07) is 5.24. The van der Waals surface area contributed by atoms with Gasteiger partial charge in [-0.05, 0) is 19.1 Å². The van der Waals surface area contributed by atoms with Crippen molar-refractivity contribution in [1.29, 1.82) is 0 Å². The summed E-state index contributed by atoms with van der Waals surface area (Å²) in [5.41, 5.74) is 0.737. The minimum absolute atomic E-state index is 0.592. The SMILES string of the molecule is C#Cc1ccc(Cl)cc1OCC. The predicted octanol–water partition coefficient (Wildman–Crippen LogP) is 2.72. The molecular formula is C10H9ClO. The van der Waals surface area contributed by atoms with Crippen LogP contribution in [0.4, 0.5) is 0 Å². The van der Waals surface area contributed by atoms with Crippen LogP contribution in [-0.2, 0) is 0 Å². The molecule has 2 heteroatoms. The van der Waals surface area contributed by atoms with E-state index in [1.54, 1.807) is 18.2 Å². The van der Waals surface area contributed by atoms with Crippen LogP contribution in [0.15, 0.2) is 18.2 Å². The fourth-order valence-corrected chi connectivity index (χ4v) is 1.05. The van der Waals surface area contributed by atoms with E-state index in [-0.39, 0.29) is 0 Å². The van der Waals surface area contributed by atoms with Gasteiger partial charge >= 0.3 is 0 Å². The van der Waals surface area contributed by atoms with E-state index in [4.69, 9.17) is 22.8 Å². The summed E-state index contributed by atoms with van der Waals surface area (Å²) in [4.78, 5) is 0. The Balaban J connectivity index is 3.06. The van der Waals surface area contributed by atoms with Crippen LogP contribution < -0.4 is 4.74 Å². The smallest absolute Gasteiger partial charge is 0.136 e. The lowest BCUT2D eigenvalue weighted by molar-refractivity contribution is 0.339. The summed E-state index contributed by atoms with van der Waals surface area (Å²) < 4.78 is 5.28. The Morgan fingerprint density at radius 2 is 2.33 bits per heavy atom. The van der Waals surface area contributed by atoms with Gasteiger partial charge in [0, 0.05) is 11.1 Å². The third kappa shape index (κ3) is 1.93. The summed E-state index contributed by atoms with van der Waals surface area (Å²) >= 11 is 5.76. The van der Waals surface area contributed by atoms with Crippen LogP contribution in [0.5, 0.6) is 5.75 Å². The molecule has 0 N–H and O–H groups in total. The van der Waals surface area contributed by atoms with Crippen molar-refractivity contribution in [3.05, 3.63) is 28.8 Å². The Labute approximate surface area is 77.3 Å². The summed E-state index contributed by atoms with van der Waals surface area (Å²) in [5, 5.41) is 0.637. The van der Waals surface area contributed by atoms with Gasteiger partial charge in [0.15, 0.2) is 0 Å². The van der Waals surface area contributed by atoms with Crippen molar-refractivity contribution in [2.24, 2.45) is 0 Å². The molecule has 1 aromatic rings. The molecule has 0 aliphatic carbocycles. The van der Waals surface area contributed by atoms with E-state index in [2.05, 4.69) is 5.92 Å². The van der Waals surface area contributed by atoms with E-state index < -0.39 is 0 Å². The average molecular weight is 181 g/mol. The first-order chi connectivity index (χ1) is 5.77. The molecule has 0 saturated heterocycles. The minimum Gasteiger partial charge on any atom is -0.493 e. The van der Waals surface area contributed by atoms with Gasteiger partial charge in [-0.15, -0.1) is 6.42 Å². The van der Waals surface area contributed by atoms with E-state index in [9.17, 15) is 0 Å². The normalized spacial score (nSPS) is 9.08. The van der Waals surface area contributed by atoms with E-state index >= 15 is 0 Å². The molecule has 0 unspecified atom stereocenters.